The summed E-state index contributed by atoms with van der Waals surface area (Å²) in [7, 11) is 0. The summed E-state index contributed by atoms with van der Waals surface area (Å²) in [6.07, 6.45) is 0.262. The first kappa shape index (κ1) is 12.8. The fourth-order valence-electron chi connectivity index (χ4n) is 2.62. The van der Waals surface area contributed by atoms with Gasteiger partial charge in [-0.2, -0.15) is 9.94 Å². The molecule has 0 radical (unpaired) electrons. The first-order chi connectivity index (χ1) is 9.61. The van der Waals surface area contributed by atoms with Crippen LogP contribution in [0.4, 0.5) is 0 Å². The number of nitrogens with zero attached hydrogens (tertiary/aromatic N) is 5. The van der Waals surface area contributed by atoms with Gasteiger partial charge in [0.15, 0.2) is 5.82 Å². The summed E-state index contributed by atoms with van der Waals surface area (Å²) >= 11 is 6.04. The van der Waals surface area contributed by atoms with Gasteiger partial charge in [0.1, 0.15) is 11.7 Å². The Morgan fingerprint density at radius 3 is 3.05 bits per heavy atom. The molecule has 20 heavy (non-hydrogen) atoms. The van der Waals surface area contributed by atoms with Gasteiger partial charge < -0.3 is 4.79 Å². The summed E-state index contributed by atoms with van der Waals surface area (Å²) < 4.78 is 1.54. The lowest BCUT2D eigenvalue weighted by Gasteiger charge is -2.28. The SMILES string of the molecule is CC(=O)C[C@@H]1c2cc(Cl)ccc2-n2nnnc2[C@H]1C#N. The van der Waals surface area contributed by atoms with E-state index >= 15 is 0 Å². The van der Waals surface area contributed by atoms with Crippen LogP contribution in [-0.2, 0) is 4.79 Å². The lowest BCUT2D eigenvalue weighted by Crippen LogP contribution is -2.24. The molecule has 0 N–H and O–H groups in total. The number of hydrogen-bond donors (Lipinski definition) is 0. The fraction of sp³-hybridized carbons (Fsp3) is 0.308. The predicted octanol–water partition coefficient (Wildman–Crippen LogP) is 2.00. The zero-order valence-corrected chi connectivity index (χ0v) is 11.4. The van der Waals surface area contributed by atoms with Crippen molar-refractivity contribution in [2.75, 3.05) is 0 Å². The standard InChI is InChI=1S/C13H10ClN5O/c1-7(20)4-9-10-5-8(14)2-3-12(10)19-13(11(9)6-15)16-17-18-19/h2-3,5,9,11H,4H2,1H3/t9-,11+/m1/s1. The van der Waals surface area contributed by atoms with Crippen molar-refractivity contribution in [3.63, 3.8) is 0 Å². The molecule has 1 aromatic carbocycles. The van der Waals surface area contributed by atoms with E-state index in [2.05, 4.69) is 21.6 Å². The van der Waals surface area contributed by atoms with E-state index in [1.807, 2.05) is 0 Å². The van der Waals surface area contributed by atoms with E-state index in [4.69, 9.17) is 11.6 Å². The minimum absolute atomic E-state index is 0.0158. The maximum absolute atomic E-state index is 11.5. The molecular formula is C13H10ClN5O. The molecule has 1 aliphatic rings. The molecule has 2 heterocycles. The molecule has 3 rings (SSSR count). The van der Waals surface area contributed by atoms with Crippen LogP contribution in [0.1, 0.15) is 36.6 Å². The third-order valence-electron chi connectivity index (χ3n) is 3.44. The average Bonchev–Trinajstić information content (AvgIpc) is 2.87. The summed E-state index contributed by atoms with van der Waals surface area (Å²) in [6.45, 7) is 1.51. The van der Waals surface area contributed by atoms with Gasteiger partial charge in [0.25, 0.3) is 0 Å². The Bertz CT molecular complexity index is 733. The Morgan fingerprint density at radius 2 is 2.35 bits per heavy atom. The van der Waals surface area contributed by atoms with Gasteiger partial charge in [0.05, 0.1) is 11.8 Å². The summed E-state index contributed by atoms with van der Waals surface area (Å²) in [4.78, 5) is 11.5. The normalized spacial score (nSPS) is 19.9. The highest BCUT2D eigenvalue weighted by Gasteiger charge is 2.37. The number of Topliss-reactive ketones (excluding diaryl/α,β-unsaturated/α-hetero) is 1. The molecule has 0 amide bonds. The van der Waals surface area contributed by atoms with Crippen molar-refractivity contribution in [2.24, 2.45) is 0 Å². The number of carbonyl (C=O) groups is 1. The Kier molecular flexibility index (Phi) is 2.99. The topological polar surface area (TPSA) is 84.5 Å². The van der Waals surface area contributed by atoms with Gasteiger partial charge in [-0.25, -0.2) is 0 Å². The number of ketones is 1. The van der Waals surface area contributed by atoms with Crippen LogP contribution in [-0.4, -0.2) is 26.0 Å². The van der Waals surface area contributed by atoms with Crippen LogP contribution in [0, 0.1) is 11.3 Å². The molecule has 6 nitrogen and oxygen atoms in total. The van der Waals surface area contributed by atoms with Crippen molar-refractivity contribution in [1.29, 1.82) is 5.26 Å². The summed E-state index contributed by atoms with van der Waals surface area (Å²) in [5.74, 6) is -0.347. The number of hydrogen-bond acceptors (Lipinski definition) is 5. The largest absolute Gasteiger partial charge is 0.300 e. The number of fused-ring (bicyclic) bond motifs is 3. The third kappa shape index (κ3) is 1.87. The van der Waals surface area contributed by atoms with Gasteiger partial charge in [0.2, 0.25) is 0 Å². The molecule has 7 heteroatoms. The lowest BCUT2D eigenvalue weighted by molar-refractivity contribution is -0.117. The van der Waals surface area contributed by atoms with E-state index in [1.165, 1.54) is 11.6 Å². The lowest BCUT2D eigenvalue weighted by atomic mass is 9.80. The molecule has 0 aliphatic carbocycles. The molecule has 0 saturated heterocycles. The number of rotatable bonds is 2. The van der Waals surface area contributed by atoms with Crippen LogP contribution >= 0.6 is 11.6 Å². The van der Waals surface area contributed by atoms with Crippen molar-refractivity contribution >= 4 is 17.4 Å². The number of aromatic nitrogens is 4. The highest BCUT2D eigenvalue weighted by molar-refractivity contribution is 6.30. The maximum Gasteiger partial charge on any atom is 0.174 e. The molecule has 0 saturated carbocycles. The molecule has 0 spiro atoms. The molecule has 1 aromatic heterocycles. The van der Waals surface area contributed by atoms with Gasteiger partial charge in [0, 0.05) is 17.4 Å². The third-order valence-corrected chi connectivity index (χ3v) is 3.67. The van der Waals surface area contributed by atoms with E-state index in [0.29, 0.717) is 10.8 Å². The molecule has 100 valence electrons. The van der Waals surface area contributed by atoms with Crippen LogP contribution < -0.4 is 0 Å². The highest BCUT2D eigenvalue weighted by atomic mass is 35.5. The average molecular weight is 288 g/mol. The maximum atomic E-state index is 11.5. The van der Waals surface area contributed by atoms with Crippen molar-refractivity contribution in [1.82, 2.24) is 20.2 Å². The van der Waals surface area contributed by atoms with Crippen molar-refractivity contribution in [3.8, 4) is 11.8 Å². The van der Waals surface area contributed by atoms with Crippen LogP contribution in [0.5, 0.6) is 0 Å². The minimum atomic E-state index is -0.556. The van der Waals surface area contributed by atoms with E-state index in [9.17, 15) is 10.1 Å². The Balaban J connectivity index is 2.24. The van der Waals surface area contributed by atoms with Gasteiger partial charge in [-0.05, 0) is 41.1 Å². The number of benzene rings is 1. The van der Waals surface area contributed by atoms with Gasteiger partial charge >= 0.3 is 0 Å². The van der Waals surface area contributed by atoms with Gasteiger partial charge in [-0.15, -0.1) is 5.10 Å². The Morgan fingerprint density at radius 1 is 1.55 bits per heavy atom. The quantitative estimate of drug-likeness (QED) is 0.843. The Hall–Kier alpha value is -2.26. The van der Waals surface area contributed by atoms with E-state index in [-0.39, 0.29) is 18.1 Å². The van der Waals surface area contributed by atoms with Crippen LogP contribution in [0.2, 0.25) is 5.02 Å². The molecule has 0 bridgehead atoms. The summed E-state index contributed by atoms with van der Waals surface area (Å²) in [5.41, 5.74) is 1.60. The molecule has 0 fully saturated rings. The van der Waals surface area contributed by atoms with E-state index in [0.717, 1.165) is 11.3 Å². The summed E-state index contributed by atoms with van der Waals surface area (Å²) in [6, 6.07) is 7.52. The zero-order valence-electron chi connectivity index (χ0n) is 10.6. The Labute approximate surface area is 120 Å². The molecule has 1 aliphatic heterocycles. The smallest absolute Gasteiger partial charge is 0.174 e. The number of carbonyl (C=O) groups excluding carboxylic acids is 1. The van der Waals surface area contributed by atoms with Gasteiger partial charge in [-0.3, -0.25) is 0 Å². The first-order valence-electron chi connectivity index (χ1n) is 6.09. The second-order valence-electron chi connectivity index (χ2n) is 4.77. The second kappa shape index (κ2) is 4.69. The van der Waals surface area contributed by atoms with Crippen LogP contribution in [0.15, 0.2) is 18.2 Å². The van der Waals surface area contributed by atoms with Crippen molar-refractivity contribution in [2.45, 2.75) is 25.2 Å². The number of tetrazole rings is 1. The minimum Gasteiger partial charge on any atom is -0.300 e. The molecule has 0 unspecified atom stereocenters. The zero-order chi connectivity index (χ0) is 14.3. The number of halogens is 1. The van der Waals surface area contributed by atoms with Gasteiger partial charge in [-0.1, -0.05) is 11.6 Å². The first-order valence-corrected chi connectivity index (χ1v) is 6.46. The summed E-state index contributed by atoms with van der Waals surface area (Å²) in [5, 5.41) is 21.5. The van der Waals surface area contributed by atoms with E-state index < -0.39 is 5.92 Å². The predicted molar refractivity (Wildman–Crippen MR) is 70.6 cm³/mol. The van der Waals surface area contributed by atoms with Crippen LogP contribution in [0.3, 0.4) is 0 Å². The van der Waals surface area contributed by atoms with Crippen molar-refractivity contribution < 1.29 is 4.79 Å². The second-order valence-corrected chi connectivity index (χ2v) is 5.21. The molecular weight excluding hydrogens is 278 g/mol. The fourth-order valence-corrected chi connectivity index (χ4v) is 2.80. The number of nitriles is 1. The highest BCUT2D eigenvalue weighted by Crippen LogP contribution is 2.42. The molecule has 2 aromatic rings. The monoisotopic (exact) mass is 287 g/mol. The van der Waals surface area contributed by atoms with E-state index in [1.54, 1.807) is 18.2 Å². The van der Waals surface area contributed by atoms with Crippen LogP contribution in [0.25, 0.3) is 5.69 Å². The molecule has 2 atom stereocenters. The van der Waals surface area contributed by atoms with Crippen molar-refractivity contribution in [3.05, 3.63) is 34.6 Å².